The lowest BCUT2D eigenvalue weighted by atomic mass is 10.3. The van der Waals surface area contributed by atoms with Crippen molar-refractivity contribution in [2.75, 3.05) is 56.7 Å². The number of aromatic nitrogens is 3. The predicted molar refractivity (Wildman–Crippen MR) is 84.1 cm³/mol. The number of halogens is 1. The Morgan fingerprint density at radius 1 is 1.29 bits per heavy atom. The molecule has 1 saturated heterocycles. The molecule has 8 heteroatoms. The van der Waals surface area contributed by atoms with Crippen LogP contribution in [0.1, 0.15) is 13.8 Å². The van der Waals surface area contributed by atoms with E-state index in [0.29, 0.717) is 31.2 Å². The van der Waals surface area contributed by atoms with Crippen LogP contribution in [0, 0.1) is 0 Å². The molecule has 0 radical (unpaired) electrons. The first-order valence-corrected chi connectivity index (χ1v) is 7.62. The Bertz CT molecular complexity index is 452. The van der Waals surface area contributed by atoms with E-state index < -0.39 is 0 Å². The average molecular weight is 315 g/mol. The number of hydrogen-bond donors (Lipinski definition) is 1. The zero-order valence-electron chi connectivity index (χ0n) is 12.8. The van der Waals surface area contributed by atoms with Crippen LogP contribution in [0.4, 0.5) is 11.9 Å². The Hall–Kier alpha value is -1.18. The molecule has 7 nitrogen and oxygen atoms in total. The van der Waals surface area contributed by atoms with Crippen LogP contribution in [-0.4, -0.2) is 72.3 Å². The Balaban J connectivity index is 1.95. The summed E-state index contributed by atoms with van der Waals surface area (Å²) in [6.45, 7) is 8.92. The third-order valence-electron chi connectivity index (χ3n) is 3.52. The molecule has 0 saturated carbocycles. The molecule has 1 aromatic heterocycles. The number of ether oxygens (including phenoxy) is 1. The van der Waals surface area contributed by atoms with E-state index in [0.717, 1.165) is 26.2 Å². The van der Waals surface area contributed by atoms with Gasteiger partial charge in [0.05, 0.1) is 13.2 Å². The summed E-state index contributed by atoms with van der Waals surface area (Å²) in [5, 5.41) is 3.42. The van der Waals surface area contributed by atoms with Gasteiger partial charge < -0.3 is 19.9 Å². The van der Waals surface area contributed by atoms with Gasteiger partial charge in [-0.3, -0.25) is 0 Å². The van der Waals surface area contributed by atoms with Crippen LogP contribution in [0.25, 0.3) is 0 Å². The van der Waals surface area contributed by atoms with Crippen LogP contribution in [-0.2, 0) is 4.74 Å². The van der Waals surface area contributed by atoms with Gasteiger partial charge >= 0.3 is 0 Å². The van der Waals surface area contributed by atoms with Crippen molar-refractivity contribution < 1.29 is 4.74 Å². The summed E-state index contributed by atoms with van der Waals surface area (Å²) in [5.74, 6) is 1.13. The van der Waals surface area contributed by atoms with E-state index in [2.05, 4.69) is 51.0 Å². The van der Waals surface area contributed by atoms with Gasteiger partial charge in [0.25, 0.3) is 0 Å². The fourth-order valence-corrected chi connectivity index (χ4v) is 2.08. The van der Waals surface area contributed by atoms with Gasteiger partial charge in [0, 0.05) is 32.2 Å². The number of hydrogen-bond acceptors (Lipinski definition) is 7. The van der Waals surface area contributed by atoms with Crippen molar-refractivity contribution in [3.8, 4) is 0 Å². The molecule has 1 aromatic rings. The normalized spacial score (nSPS) is 15.8. The molecule has 1 aliphatic heterocycles. The van der Waals surface area contributed by atoms with Crippen molar-refractivity contribution in [3.05, 3.63) is 5.28 Å². The van der Waals surface area contributed by atoms with Gasteiger partial charge in [-0.25, -0.2) is 0 Å². The zero-order chi connectivity index (χ0) is 15.2. The highest BCUT2D eigenvalue weighted by molar-refractivity contribution is 6.28. The van der Waals surface area contributed by atoms with E-state index in [9.17, 15) is 0 Å². The largest absolute Gasteiger partial charge is 0.378 e. The molecular weight excluding hydrogens is 292 g/mol. The predicted octanol–water partition coefficient (Wildman–Crippen LogP) is 1.11. The lowest BCUT2D eigenvalue weighted by Gasteiger charge is -2.27. The second kappa shape index (κ2) is 7.72. The minimum absolute atomic E-state index is 0.214. The van der Waals surface area contributed by atoms with Crippen molar-refractivity contribution in [3.63, 3.8) is 0 Å². The monoisotopic (exact) mass is 314 g/mol. The third-order valence-corrected chi connectivity index (χ3v) is 3.69. The summed E-state index contributed by atoms with van der Waals surface area (Å²) in [5.41, 5.74) is 0. The number of anilines is 2. The maximum Gasteiger partial charge on any atom is 0.231 e. The molecule has 118 valence electrons. The number of nitrogens with one attached hydrogen (secondary N) is 1. The van der Waals surface area contributed by atoms with Crippen molar-refractivity contribution in [1.29, 1.82) is 0 Å². The van der Waals surface area contributed by atoms with Gasteiger partial charge in [-0.15, -0.1) is 0 Å². The quantitative estimate of drug-likeness (QED) is 0.843. The van der Waals surface area contributed by atoms with Gasteiger partial charge in [0.2, 0.25) is 17.2 Å². The van der Waals surface area contributed by atoms with Gasteiger partial charge in [0.15, 0.2) is 0 Å². The van der Waals surface area contributed by atoms with E-state index >= 15 is 0 Å². The number of rotatable bonds is 6. The first-order chi connectivity index (χ1) is 10.1. The molecule has 0 aromatic carbocycles. The highest BCUT2D eigenvalue weighted by Gasteiger charge is 2.16. The van der Waals surface area contributed by atoms with E-state index in [4.69, 9.17) is 16.3 Å². The first-order valence-electron chi connectivity index (χ1n) is 7.24. The van der Waals surface area contributed by atoms with Crippen molar-refractivity contribution in [2.45, 2.75) is 19.9 Å². The van der Waals surface area contributed by atoms with Crippen LogP contribution in [0.3, 0.4) is 0 Å². The van der Waals surface area contributed by atoms with E-state index in [1.54, 1.807) is 0 Å². The fraction of sp³-hybridized carbons (Fsp3) is 0.769. The van der Waals surface area contributed by atoms with Gasteiger partial charge in [-0.1, -0.05) is 0 Å². The summed E-state index contributed by atoms with van der Waals surface area (Å²) in [6, 6.07) is 0.512. The SMILES string of the molecule is CC(C)N(C)CCNc1nc(Cl)nc(N2CCOCC2)n1. The topological polar surface area (TPSA) is 66.4 Å². The minimum atomic E-state index is 0.214. The molecule has 0 spiro atoms. The molecule has 2 heterocycles. The van der Waals surface area contributed by atoms with E-state index in [1.165, 1.54) is 0 Å². The molecule has 1 fully saturated rings. The number of morpholine rings is 1. The fourth-order valence-electron chi connectivity index (χ4n) is 1.93. The van der Waals surface area contributed by atoms with E-state index in [-0.39, 0.29) is 5.28 Å². The Labute approximate surface area is 130 Å². The summed E-state index contributed by atoms with van der Waals surface area (Å²) >= 11 is 5.99. The smallest absolute Gasteiger partial charge is 0.231 e. The van der Waals surface area contributed by atoms with Gasteiger partial charge in [0.1, 0.15) is 0 Å². The highest BCUT2D eigenvalue weighted by atomic mass is 35.5. The summed E-state index contributed by atoms with van der Waals surface area (Å²) in [6.07, 6.45) is 0. The second-order valence-corrected chi connectivity index (χ2v) is 5.67. The zero-order valence-corrected chi connectivity index (χ0v) is 13.6. The molecule has 0 unspecified atom stereocenters. The van der Waals surface area contributed by atoms with Crippen molar-refractivity contribution in [1.82, 2.24) is 19.9 Å². The van der Waals surface area contributed by atoms with Gasteiger partial charge in [-0.05, 0) is 32.5 Å². The minimum Gasteiger partial charge on any atom is -0.378 e. The molecule has 0 atom stereocenters. The van der Waals surface area contributed by atoms with Crippen LogP contribution < -0.4 is 10.2 Å². The summed E-state index contributed by atoms with van der Waals surface area (Å²) < 4.78 is 5.33. The molecule has 0 amide bonds. The first kappa shape index (κ1) is 16.2. The average Bonchev–Trinajstić information content (AvgIpc) is 2.47. The van der Waals surface area contributed by atoms with Crippen molar-refractivity contribution >= 4 is 23.5 Å². The standard InChI is InChI=1S/C13H23ClN6O/c1-10(2)19(3)5-4-15-12-16-11(14)17-13(18-12)20-6-8-21-9-7-20/h10H,4-9H2,1-3H3,(H,15,16,17,18). The van der Waals surface area contributed by atoms with Crippen LogP contribution in [0.5, 0.6) is 0 Å². The molecule has 1 aliphatic rings. The summed E-state index contributed by atoms with van der Waals surface area (Å²) in [4.78, 5) is 17.1. The number of nitrogens with zero attached hydrogens (tertiary/aromatic N) is 5. The van der Waals surface area contributed by atoms with Gasteiger partial charge in [-0.2, -0.15) is 15.0 Å². The van der Waals surface area contributed by atoms with E-state index in [1.807, 2.05) is 0 Å². The lowest BCUT2D eigenvalue weighted by molar-refractivity contribution is 0.122. The summed E-state index contributed by atoms with van der Waals surface area (Å²) in [7, 11) is 2.09. The molecule has 0 bridgehead atoms. The Kier molecular flexibility index (Phi) is 5.96. The third kappa shape index (κ3) is 4.94. The van der Waals surface area contributed by atoms with Crippen molar-refractivity contribution in [2.24, 2.45) is 0 Å². The van der Waals surface area contributed by atoms with Crippen LogP contribution >= 0.6 is 11.6 Å². The van der Waals surface area contributed by atoms with Crippen LogP contribution in [0.15, 0.2) is 0 Å². The molecule has 2 rings (SSSR count). The van der Waals surface area contributed by atoms with Crippen LogP contribution in [0.2, 0.25) is 5.28 Å². The molecular formula is C13H23ClN6O. The molecule has 21 heavy (non-hydrogen) atoms. The molecule has 1 N–H and O–H groups in total. The Morgan fingerprint density at radius 3 is 2.67 bits per heavy atom. The molecule has 0 aliphatic carbocycles. The maximum absolute atomic E-state index is 5.99. The lowest BCUT2D eigenvalue weighted by Crippen LogP contribution is -2.37. The Morgan fingerprint density at radius 2 is 2.00 bits per heavy atom. The second-order valence-electron chi connectivity index (χ2n) is 5.33. The highest BCUT2D eigenvalue weighted by Crippen LogP contribution is 2.14. The number of likely N-dealkylation sites (N-methyl/N-ethyl adjacent to an activating group) is 1. The maximum atomic E-state index is 5.99.